The quantitative estimate of drug-likeness (QED) is 0.917. The van der Waals surface area contributed by atoms with Crippen LogP contribution in [0.4, 0.5) is 5.13 Å². The van der Waals surface area contributed by atoms with Crippen molar-refractivity contribution in [1.82, 2.24) is 4.98 Å². The normalized spacial score (nSPS) is 10.8. The first-order chi connectivity index (χ1) is 8.13. The van der Waals surface area contributed by atoms with Crippen molar-refractivity contribution in [1.29, 1.82) is 5.26 Å². The van der Waals surface area contributed by atoms with Gasteiger partial charge in [-0.25, -0.2) is 13.4 Å². The molecule has 1 N–H and O–H groups in total. The second-order valence-corrected chi connectivity index (χ2v) is 5.60. The molecule has 0 unspecified atom stereocenters. The molecule has 1 heterocycles. The highest BCUT2D eigenvalue weighted by molar-refractivity contribution is 7.93. The molecule has 0 amide bonds. The Morgan fingerprint density at radius 3 is 2.76 bits per heavy atom. The first kappa shape index (κ1) is 11.6. The van der Waals surface area contributed by atoms with E-state index in [0.29, 0.717) is 0 Å². The van der Waals surface area contributed by atoms with Gasteiger partial charge in [-0.15, -0.1) is 11.3 Å². The van der Waals surface area contributed by atoms with Gasteiger partial charge in [-0.05, 0) is 12.1 Å². The Kier molecular flexibility index (Phi) is 3.08. The van der Waals surface area contributed by atoms with Gasteiger partial charge in [0.1, 0.15) is 11.0 Å². The lowest BCUT2D eigenvalue weighted by Gasteiger charge is -2.06. The Bertz CT molecular complexity index is 657. The summed E-state index contributed by atoms with van der Waals surface area (Å²) in [5, 5.41) is 10.8. The van der Waals surface area contributed by atoms with Crippen molar-refractivity contribution in [3.63, 3.8) is 0 Å². The molecule has 0 saturated heterocycles. The molecule has 0 aliphatic carbocycles. The maximum absolute atomic E-state index is 12.0. The van der Waals surface area contributed by atoms with Crippen molar-refractivity contribution in [2.45, 2.75) is 4.90 Å². The number of aromatic nitrogens is 1. The number of rotatable bonds is 3. The van der Waals surface area contributed by atoms with Gasteiger partial charge >= 0.3 is 0 Å². The van der Waals surface area contributed by atoms with Gasteiger partial charge in [0.25, 0.3) is 10.0 Å². The number of anilines is 1. The summed E-state index contributed by atoms with van der Waals surface area (Å²) in [6.45, 7) is 0. The van der Waals surface area contributed by atoms with E-state index >= 15 is 0 Å². The zero-order valence-corrected chi connectivity index (χ0v) is 10.1. The van der Waals surface area contributed by atoms with Crippen LogP contribution < -0.4 is 4.72 Å². The Labute approximate surface area is 102 Å². The van der Waals surface area contributed by atoms with Crippen molar-refractivity contribution in [3.8, 4) is 6.07 Å². The number of sulfonamides is 1. The third-order valence-electron chi connectivity index (χ3n) is 1.95. The third kappa shape index (κ3) is 2.43. The number of thiazole rings is 1. The molecule has 0 bridgehead atoms. The van der Waals surface area contributed by atoms with Crippen LogP contribution in [0.3, 0.4) is 0 Å². The molecule has 0 radical (unpaired) electrons. The maximum Gasteiger partial charge on any atom is 0.264 e. The lowest BCUT2D eigenvalue weighted by molar-refractivity contribution is 0.601. The molecule has 2 rings (SSSR count). The molecule has 1 aromatic carbocycles. The van der Waals surface area contributed by atoms with E-state index < -0.39 is 10.0 Å². The van der Waals surface area contributed by atoms with E-state index in [4.69, 9.17) is 5.26 Å². The Hall–Kier alpha value is -1.91. The van der Waals surface area contributed by atoms with E-state index in [0.717, 1.165) is 0 Å². The van der Waals surface area contributed by atoms with Crippen LogP contribution in [0.15, 0.2) is 40.7 Å². The highest BCUT2D eigenvalue weighted by Gasteiger charge is 2.18. The van der Waals surface area contributed by atoms with Crippen LogP contribution in [-0.2, 0) is 10.0 Å². The van der Waals surface area contributed by atoms with E-state index in [2.05, 4.69) is 9.71 Å². The fourth-order valence-corrected chi connectivity index (χ4v) is 3.18. The topological polar surface area (TPSA) is 82.8 Å². The minimum atomic E-state index is -3.75. The summed E-state index contributed by atoms with van der Waals surface area (Å²) in [4.78, 5) is 3.78. The Morgan fingerprint density at radius 2 is 2.12 bits per heavy atom. The Balaban J connectivity index is 2.42. The first-order valence-electron chi connectivity index (χ1n) is 4.55. The molecule has 1 aromatic heterocycles. The standard InChI is InChI=1S/C10H7N3O2S2/c11-7-8-3-1-2-4-9(8)17(14,15)13-10-12-5-6-16-10/h1-6H,(H,12,13). The number of nitriles is 1. The van der Waals surface area contributed by atoms with Crippen molar-refractivity contribution < 1.29 is 8.42 Å². The van der Waals surface area contributed by atoms with Crippen molar-refractivity contribution in [2.75, 3.05) is 4.72 Å². The van der Waals surface area contributed by atoms with Gasteiger partial charge in [0.05, 0.1) is 5.56 Å². The average molecular weight is 265 g/mol. The largest absolute Gasteiger partial charge is 0.264 e. The van der Waals surface area contributed by atoms with Crippen molar-refractivity contribution >= 4 is 26.5 Å². The van der Waals surface area contributed by atoms with Crippen LogP contribution in [0.2, 0.25) is 0 Å². The molecule has 0 aliphatic heterocycles. The Morgan fingerprint density at radius 1 is 1.35 bits per heavy atom. The van der Waals surface area contributed by atoms with Gasteiger partial charge in [0, 0.05) is 11.6 Å². The van der Waals surface area contributed by atoms with E-state index in [1.807, 2.05) is 6.07 Å². The smallest absolute Gasteiger partial charge is 0.255 e. The van der Waals surface area contributed by atoms with E-state index in [1.165, 1.54) is 29.7 Å². The number of hydrogen-bond donors (Lipinski definition) is 1. The summed E-state index contributed by atoms with van der Waals surface area (Å²) in [5.74, 6) is 0. The maximum atomic E-state index is 12.0. The molecule has 17 heavy (non-hydrogen) atoms. The highest BCUT2D eigenvalue weighted by Crippen LogP contribution is 2.20. The van der Waals surface area contributed by atoms with Crippen LogP contribution in [-0.4, -0.2) is 13.4 Å². The molecular weight excluding hydrogens is 258 g/mol. The molecule has 2 aromatic rings. The summed E-state index contributed by atoms with van der Waals surface area (Å²) in [6, 6.07) is 7.86. The monoisotopic (exact) mass is 265 g/mol. The van der Waals surface area contributed by atoms with Crippen LogP contribution in [0, 0.1) is 11.3 Å². The van der Waals surface area contributed by atoms with Gasteiger partial charge < -0.3 is 0 Å². The molecule has 0 fully saturated rings. The molecule has 0 spiro atoms. The van der Waals surface area contributed by atoms with Crippen LogP contribution in [0.1, 0.15) is 5.56 Å². The third-order valence-corrected chi connectivity index (χ3v) is 4.17. The van der Waals surface area contributed by atoms with Gasteiger partial charge in [-0.3, -0.25) is 4.72 Å². The van der Waals surface area contributed by atoms with Crippen LogP contribution in [0.5, 0.6) is 0 Å². The zero-order valence-electron chi connectivity index (χ0n) is 8.49. The van der Waals surface area contributed by atoms with Crippen molar-refractivity contribution in [3.05, 3.63) is 41.4 Å². The highest BCUT2D eigenvalue weighted by atomic mass is 32.2. The SMILES string of the molecule is N#Cc1ccccc1S(=O)(=O)Nc1nccs1. The minimum absolute atomic E-state index is 0.0438. The fraction of sp³-hybridized carbons (Fsp3) is 0. The van der Waals surface area contributed by atoms with Crippen LogP contribution in [0.25, 0.3) is 0 Å². The number of nitrogens with one attached hydrogen (secondary N) is 1. The molecule has 86 valence electrons. The zero-order chi connectivity index (χ0) is 12.3. The second kappa shape index (κ2) is 4.53. The minimum Gasteiger partial charge on any atom is -0.255 e. The molecule has 0 saturated carbocycles. The summed E-state index contributed by atoms with van der Waals surface area (Å²) in [7, 11) is -3.75. The molecule has 0 atom stereocenters. The van der Waals surface area contributed by atoms with E-state index in [-0.39, 0.29) is 15.6 Å². The summed E-state index contributed by atoms with van der Waals surface area (Å²) < 4.78 is 26.3. The summed E-state index contributed by atoms with van der Waals surface area (Å²) in [5.41, 5.74) is 0.108. The van der Waals surface area contributed by atoms with Gasteiger partial charge in [0.2, 0.25) is 0 Å². The molecule has 5 nitrogen and oxygen atoms in total. The van der Waals surface area contributed by atoms with Gasteiger partial charge in [-0.2, -0.15) is 5.26 Å². The summed E-state index contributed by atoms with van der Waals surface area (Å²) >= 11 is 1.17. The molecular formula is C10H7N3O2S2. The van der Waals surface area contributed by atoms with Gasteiger partial charge in [-0.1, -0.05) is 12.1 Å². The first-order valence-corrected chi connectivity index (χ1v) is 6.91. The number of hydrogen-bond acceptors (Lipinski definition) is 5. The molecule has 0 aliphatic rings. The predicted molar refractivity (Wildman–Crippen MR) is 64.1 cm³/mol. The van der Waals surface area contributed by atoms with Gasteiger partial charge in [0.15, 0.2) is 5.13 Å². The number of benzene rings is 1. The molecule has 7 heteroatoms. The predicted octanol–water partition coefficient (Wildman–Crippen LogP) is 1.82. The van der Waals surface area contributed by atoms with Crippen molar-refractivity contribution in [2.24, 2.45) is 0 Å². The lowest BCUT2D eigenvalue weighted by Crippen LogP contribution is -2.14. The number of nitrogens with zero attached hydrogens (tertiary/aromatic N) is 2. The van der Waals surface area contributed by atoms with Crippen LogP contribution >= 0.6 is 11.3 Å². The second-order valence-electron chi connectivity index (χ2n) is 3.05. The fourth-order valence-electron chi connectivity index (χ4n) is 1.24. The lowest BCUT2D eigenvalue weighted by atomic mass is 10.2. The average Bonchev–Trinajstić information content (AvgIpc) is 2.81. The van der Waals surface area contributed by atoms with E-state index in [9.17, 15) is 8.42 Å². The summed E-state index contributed by atoms with van der Waals surface area (Å²) in [6.07, 6.45) is 1.50. The van der Waals surface area contributed by atoms with E-state index in [1.54, 1.807) is 17.5 Å².